The molecule has 0 saturated carbocycles. The zero-order valence-corrected chi connectivity index (χ0v) is 41.5. The van der Waals surface area contributed by atoms with Crippen LogP contribution in [-0.4, -0.2) is 127 Å². The second kappa shape index (κ2) is 17.2. The largest absolute Gasteiger partial charge is 0.459 e. The summed E-state index contributed by atoms with van der Waals surface area (Å²) in [5.41, 5.74) is -5.35. The summed E-state index contributed by atoms with van der Waals surface area (Å²) in [7, 11) is 3.23. The zero-order valence-electron chi connectivity index (χ0n) is 41.5. The van der Waals surface area contributed by atoms with Gasteiger partial charge >= 0.3 is 23.9 Å². The summed E-state index contributed by atoms with van der Waals surface area (Å²) in [6.45, 7) is 31.6. The molecular weight excluding hydrogens is 809 g/mol. The molecule has 1 aromatic rings. The molecule has 5 rings (SSSR count). The number of carbonyl (C=O) groups is 4. The monoisotopic (exact) mass is 887 g/mol. The quantitative estimate of drug-likeness (QED) is 0.170. The molecule has 0 atom stereocenters. The number of benzene rings is 1. The fraction of sp³-hybridized carbons (Fsp3) is 0.792. The Morgan fingerprint density at radius 2 is 0.667 bits per heavy atom. The zero-order chi connectivity index (χ0) is 47.7. The summed E-state index contributed by atoms with van der Waals surface area (Å²) in [5.74, 6) is -3.43. The van der Waals surface area contributed by atoms with Crippen molar-refractivity contribution >= 4 is 23.9 Å². The number of ether oxygens (including phenoxy) is 4. The van der Waals surface area contributed by atoms with Crippen LogP contribution in [0.5, 0.6) is 0 Å². The molecule has 0 amide bonds. The van der Waals surface area contributed by atoms with Gasteiger partial charge in [0.1, 0.15) is 24.4 Å². The third-order valence-electron chi connectivity index (χ3n) is 13.4. The number of piperidine rings is 4. The highest BCUT2D eigenvalue weighted by molar-refractivity contribution is 6.10. The van der Waals surface area contributed by atoms with Crippen molar-refractivity contribution in [1.29, 1.82) is 0 Å². The molecule has 4 saturated heterocycles. The second-order valence-corrected chi connectivity index (χ2v) is 23.7. The Bertz CT molecular complexity index is 1850. The van der Waals surface area contributed by atoms with Crippen molar-refractivity contribution in [3.63, 3.8) is 0 Å². The Morgan fingerprint density at radius 3 is 0.905 bits per heavy atom. The van der Waals surface area contributed by atoms with E-state index in [4.69, 9.17) is 28.6 Å². The molecule has 0 spiro atoms. The van der Waals surface area contributed by atoms with Gasteiger partial charge in [-0.2, -0.15) is 15.2 Å². The maximum atomic E-state index is 14.7. The van der Waals surface area contributed by atoms with Crippen LogP contribution in [0.15, 0.2) is 12.1 Å². The number of carbonyl (C=O) groups excluding carboxylic acids is 4. The van der Waals surface area contributed by atoms with Gasteiger partial charge in [-0.25, -0.2) is 19.2 Å². The minimum absolute atomic E-state index is 0.233. The Kier molecular flexibility index (Phi) is 13.9. The first-order valence-electron chi connectivity index (χ1n) is 22.5. The summed E-state index contributed by atoms with van der Waals surface area (Å²) < 4.78 is 25.0. The van der Waals surface area contributed by atoms with E-state index in [1.807, 2.05) is 121 Å². The molecule has 63 heavy (non-hydrogen) atoms. The molecule has 0 aromatic heterocycles. The molecule has 4 heterocycles. The van der Waals surface area contributed by atoms with Crippen LogP contribution < -0.4 is 5.32 Å². The van der Waals surface area contributed by atoms with Gasteiger partial charge in [-0.1, -0.05) is 0 Å². The van der Waals surface area contributed by atoms with Gasteiger partial charge in [0.25, 0.3) is 0 Å². The number of hydroxylamine groups is 6. The summed E-state index contributed by atoms with van der Waals surface area (Å²) in [6, 6.07) is 2.47. The van der Waals surface area contributed by atoms with Gasteiger partial charge in [-0.3, -0.25) is 0 Å². The predicted molar refractivity (Wildman–Crippen MR) is 237 cm³/mol. The van der Waals surface area contributed by atoms with Crippen LogP contribution >= 0.6 is 0 Å². The van der Waals surface area contributed by atoms with Crippen molar-refractivity contribution < 1.29 is 53.0 Å². The molecule has 4 fully saturated rings. The van der Waals surface area contributed by atoms with E-state index in [0.29, 0.717) is 38.5 Å². The molecule has 356 valence electrons. The van der Waals surface area contributed by atoms with E-state index in [9.17, 15) is 24.4 Å². The molecule has 15 heteroatoms. The first-order chi connectivity index (χ1) is 28.6. The summed E-state index contributed by atoms with van der Waals surface area (Å²) >= 11 is 0. The lowest BCUT2D eigenvalue weighted by Crippen LogP contribution is -2.61. The molecule has 1 aromatic carbocycles. The average Bonchev–Trinajstić information content (AvgIpc) is 3.06. The van der Waals surface area contributed by atoms with Gasteiger partial charge in [-0.15, -0.1) is 0 Å². The predicted octanol–water partition coefficient (Wildman–Crippen LogP) is 8.20. The summed E-state index contributed by atoms with van der Waals surface area (Å²) in [6.07, 6.45) is 0.814. The number of hydrogen-bond donors (Lipinski definition) is 2. The van der Waals surface area contributed by atoms with E-state index in [-0.39, 0.29) is 46.2 Å². The Morgan fingerprint density at radius 1 is 0.444 bits per heavy atom. The molecule has 0 bridgehead atoms. The van der Waals surface area contributed by atoms with Crippen LogP contribution in [0.2, 0.25) is 0 Å². The van der Waals surface area contributed by atoms with E-state index in [0.717, 1.165) is 0 Å². The van der Waals surface area contributed by atoms with Crippen molar-refractivity contribution in [3.05, 3.63) is 34.4 Å². The normalized spacial score (nSPS) is 26.1. The van der Waals surface area contributed by atoms with Crippen molar-refractivity contribution in [2.45, 2.75) is 231 Å². The van der Waals surface area contributed by atoms with Crippen molar-refractivity contribution in [3.8, 4) is 0 Å². The Hall–Kier alpha value is -3.18. The standard InChI is InChI=1S/C48H78N4O11/c1-41(2)21-29(22-42(3,4)49-41)60-37(53)33-19-35(39(55)62-31-25-45(9,10)51(58-17)46(11,12)26-31)36(40(56)63-32-27-47(13,14)52(59-18)48(15,16)28-32)20-34(33)38(54)61-30-23-43(5,6)50(57)44(7,8)24-30/h19-20,29-32,49,57H,21-28H2,1-18H3. The summed E-state index contributed by atoms with van der Waals surface area (Å²) in [5, 5.41) is 19.7. The van der Waals surface area contributed by atoms with Gasteiger partial charge in [0, 0.05) is 95.7 Å². The number of hydrogen-bond acceptors (Lipinski definition) is 15. The van der Waals surface area contributed by atoms with Gasteiger partial charge in [0.05, 0.1) is 36.5 Å². The van der Waals surface area contributed by atoms with Gasteiger partial charge < -0.3 is 39.1 Å². The summed E-state index contributed by atoms with van der Waals surface area (Å²) in [4.78, 5) is 70.2. The molecule has 4 aliphatic rings. The van der Waals surface area contributed by atoms with Crippen molar-refractivity contribution in [1.82, 2.24) is 20.5 Å². The maximum Gasteiger partial charge on any atom is 0.339 e. The first kappa shape index (κ1) is 50.8. The SMILES string of the molecule is CON1C(C)(C)CC(OC(=O)c2cc(C(=O)OC3CC(C)(C)NC(C)(C)C3)c(C(=O)OC3CC(C)(C)N(O)C(C)(C)C3)cc2C(=O)OC2CC(C)(C)N(OC)C(C)(C)C2)CC1(C)C. The van der Waals surface area contributed by atoms with E-state index in [1.54, 1.807) is 14.2 Å². The van der Waals surface area contributed by atoms with Crippen molar-refractivity contribution in [2.75, 3.05) is 14.2 Å². The fourth-order valence-corrected chi connectivity index (χ4v) is 12.2. The van der Waals surface area contributed by atoms with Crippen LogP contribution in [-0.2, 0) is 28.6 Å². The average molecular weight is 887 g/mol. The van der Waals surface area contributed by atoms with Gasteiger partial charge in [-0.05, 0) is 123 Å². The number of rotatable bonds is 10. The molecular formula is C48H78N4O11. The Labute approximate surface area is 376 Å². The van der Waals surface area contributed by atoms with Gasteiger partial charge in [0.15, 0.2) is 0 Å². The van der Waals surface area contributed by atoms with Crippen molar-refractivity contribution in [2.24, 2.45) is 0 Å². The van der Waals surface area contributed by atoms with E-state index in [2.05, 4.69) is 5.32 Å². The third kappa shape index (κ3) is 11.1. The molecule has 0 aliphatic carbocycles. The third-order valence-corrected chi connectivity index (χ3v) is 13.4. The highest BCUT2D eigenvalue weighted by atomic mass is 16.7. The van der Waals surface area contributed by atoms with E-state index >= 15 is 0 Å². The lowest BCUT2D eigenvalue weighted by Gasteiger charge is -2.52. The van der Waals surface area contributed by atoms with E-state index in [1.165, 1.54) is 17.2 Å². The highest BCUT2D eigenvalue weighted by Crippen LogP contribution is 2.43. The molecule has 0 radical (unpaired) electrons. The van der Waals surface area contributed by atoms with Crippen LogP contribution in [0, 0.1) is 0 Å². The topological polar surface area (TPSA) is 166 Å². The molecule has 2 N–H and O–H groups in total. The molecule has 4 aliphatic heterocycles. The number of nitrogens with zero attached hydrogens (tertiary/aromatic N) is 3. The van der Waals surface area contributed by atoms with Crippen LogP contribution in [0.1, 0.15) is 204 Å². The maximum absolute atomic E-state index is 14.7. The number of esters is 4. The highest BCUT2D eigenvalue weighted by Gasteiger charge is 2.51. The van der Waals surface area contributed by atoms with E-state index < -0.39 is 81.5 Å². The second-order valence-electron chi connectivity index (χ2n) is 23.7. The lowest BCUT2D eigenvalue weighted by atomic mass is 9.80. The smallest absolute Gasteiger partial charge is 0.339 e. The fourth-order valence-electron chi connectivity index (χ4n) is 12.2. The van der Waals surface area contributed by atoms with Gasteiger partial charge in [0.2, 0.25) is 0 Å². The first-order valence-corrected chi connectivity index (χ1v) is 22.5. The van der Waals surface area contributed by atoms with Crippen LogP contribution in [0.3, 0.4) is 0 Å². The minimum Gasteiger partial charge on any atom is -0.459 e. The minimum atomic E-state index is -0.879. The van der Waals surface area contributed by atoms with Crippen LogP contribution in [0.25, 0.3) is 0 Å². The number of nitrogens with one attached hydrogen (secondary N) is 1. The van der Waals surface area contributed by atoms with Crippen LogP contribution in [0.4, 0.5) is 0 Å². The molecule has 15 nitrogen and oxygen atoms in total. The lowest BCUT2D eigenvalue weighted by molar-refractivity contribution is -0.276. The Balaban J connectivity index is 1.62. The molecule has 0 unspecified atom stereocenters.